The van der Waals surface area contributed by atoms with Gasteiger partial charge in [0.1, 0.15) is 0 Å². The van der Waals surface area contributed by atoms with Crippen molar-refractivity contribution in [2.75, 3.05) is 13.1 Å². The van der Waals surface area contributed by atoms with Crippen LogP contribution in [0, 0.1) is 5.92 Å². The summed E-state index contributed by atoms with van der Waals surface area (Å²) in [7, 11) is 0. The highest BCUT2D eigenvalue weighted by molar-refractivity contribution is 7.10. The van der Waals surface area contributed by atoms with E-state index < -0.39 is 0 Å². The summed E-state index contributed by atoms with van der Waals surface area (Å²) in [6, 6.07) is 4.48. The van der Waals surface area contributed by atoms with Crippen LogP contribution in [0.1, 0.15) is 31.6 Å². The zero-order chi connectivity index (χ0) is 10.0. The molecule has 1 heterocycles. The van der Waals surface area contributed by atoms with E-state index >= 15 is 0 Å². The predicted octanol–water partition coefficient (Wildman–Crippen LogP) is 3.03. The van der Waals surface area contributed by atoms with Gasteiger partial charge in [0.25, 0.3) is 0 Å². The molecule has 2 rings (SSSR count). The summed E-state index contributed by atoms with van der Waals surface area (Å²) in [6.07, 6.45) is 2.71. The Hall–Kier alpha value is -0.340. The molecule has 0 radical (unpaired) electrons. The third-order valence-electron chi connectivity index (χ3n) is 3.43. The highest BCUT2D eigenvalue weighted by Crippen LogP contribution is 2.56. The van der Waals surface area contributed by atoms with E-state index in [0.717, 1.165) is 12.5 Å². The molecule has 1 aliphatic carbocycles. The minimum absolute atomic E-state index is 0.499. The van der Waals surface area contributed by atoms with Gasteiger partial charge in [-0.3, -0.25) is 0 Å². The molecule has 2 heteroatoms. The Morgan fingerprint density at radius 2 is 2.43 bits per heavy atom. The van der Waals surface area contributed by atoms with Crippen LogP contribution < -0.4 is 5.32 Å². The Labute approximate surface area is 90.5 Å². The van der Waals surface area contributed by atoms with Crippen molar-refractivity contribution in [3.63, 3.8) is 0 Å². The average Bonchev–Trinajstić information content (AvgIpc) is 2.66. The van der Waals surface area contributed by atoms with Gasteiger partial charge in [-0.25, -0.2) is 0 Å². The standard InChI is InChI=1S/C12H19NS/c1-3-10-8-12(10,9-13-4-2)11-6-5-7-14-11/h5-7,10,13H,3-4,8-9H2,1-2H3. The van der Waals surface area contributed by atoms with Crippen molar-refractivity contribution in [3.05, 3.63) is 22.4 Å². The van der Waals surface area contributed by atoms with Gasteiger partial charge in [-0.2, -0.15) is 0 Å². The van der Waals surface area contributed by atoms with Crippen molar-refractivity contribution in [2.45, 2.75) is 32.1 Å². The first kappa shape index (κ1) is 10.2. The van der Waals surface area contributed by atoms with Gasteiger partial charge in [0.05, 0.1) is 0 Å². The molecule has 0 aromatic carbocycles. The van der Waals surface area contributed by atoms with Crippen molar-refractivity contribution in [3.8, 4) is 0 Å². The fourth-order valence-corrected chi connectivity index (χ4v) is 3.45. The molecule has 1 aromatic heterocycles. The van der Waals surface area contributed by atoms with Crippen molar-refractivity contribution in [1.82, 2.24) is 5.32 Å². The molecule has 1 fully saturated rings. The first-order valence-corrected chi connectivity index (χ1v) is 6.46. The molecule has 0 aliphatic heterocycles. The van der Waals surface area contributed by atoms with Crippen LogP contribution in [-0.2, 0) is 5.41 Å². The number of hydrogen-bond donors (Lipinski definition) is 1. The van der Waals surface area contributed by atoms with Gasteiger partial charge in [-0.05, 0) is 30.3 Å². The number of hydrogen-bond acceptors (Lipinski definition) is 2. The largest absolute Gasteiger partial charge is 0.316 e. The zero-order valence-corrected chi connectivity index (χ0v) is 9.86. The first-order valence-electron chi connectivity index (χ1n) is 5.58. The lowest BCUT2D eigenvalue weighted by molar-refractivity contribution is 0.541. The van der Waals surface area contributed by atoms with Gasteiger partial charge in [-0.1, -0.05) is 26.3 Å². The molecular formula is C12H19NS. The van der Waals surface area contributed by atoms with Crippen LogP contribution in [0.4, 0.5) is 0 Å². The monoisotopic (exact) mass is 209 g/mol. The van der Waals surface area contributed by atoms with Crippen LogP contribution >= 0.6 is 11.3 Å². The second-order valence-corrected chi connectivity index (χ2v) is 5.17. The summed E-state index contributed by atoms with van der Waals surface area (Å²) in [5, 5.41) is 5.71. The zero-order valence-electron chi connectivity index (χ0n) is 9.05. The van der Waals surface area contributed by atoms with Crippen LogP contribution in [-0.4, -0.2) is 13.1 Å². The molecule has 0 saturated heterocycles. The van der Waals surface area contributed by atoms with Gasteiger partial charge in [0.15, 0.2) is 0 Å². The van der Waals surface area contributed by atoms with Gasteiger partial charge in [0, 0.05) is 16.8 Å². The maximum absolute atomic E-state index is 3.51. The molecule has 2 unspecified atom stereocenters. The quantitative estimate of drug-likeness (QED) is 0.786. The smallest absolute Gasteiger partial charge is 0.0203 e. The minimum Gasteiger partial charge on any atom is -0.316 e. The van der Waals surface area contributed by atoms with Crippen molar-refractivity contribution in [2.24, 2.45) is 5.92 Å². The van der Waals surface area contributed by atoms with Crippen molar-refractivity contribution >= 4 is 11.3 Å². The van der Waals surface area contributed by atoms with E-state index in [9.17, 15) is 0 Å². The van der Waals surface area contributed by atoms with Gasteiger partial charge in [-0.15, -0.1) is 11.3 Å². The molecular weight excluding hydrogens is 190 g/mol. The number of thiophene rings is 1. The SMILES string of the molecule is CCNCC1(c2cccs2)CC1CC. The molecule has 0 spiro atoms. The van der Waals surface area contributed by atoms with E-state index in [4.69, 9.17) is 0 Å². The Morgan fingerprint density at radius 3 is 2.93 bits per heavy atom. The highest BCUT2D eigenvalue weighted by Gasteiger charge is 2.54. The van der Waals surface area contributed by atoms with Gasteiger partial charge >= 0.3 is 0 Å². The molecule has 14 heavy (non-hydrogen) atoms. The summed E-state index contributed by atoms with van der Waals surface area (Å²) in [5.41, 5.74) is 0.499. The van der Waals surface area contributed by atoms with E-state index in [-0.39, 0.29) is 0 Å². The Bertz CT molecular complexity index is 281. The predicted molar refractivity (Wildman–Crippen MR) is 62.9 cm³/mol. The second kappa shape index (κ2) is 4.03. The van der Waals surface area contributed by atoms with Crippen molar-refractivity contribution < 1.29 is 0 Å². The fourth-order valence-electron chi connectivity index (χ4n) is 2.43. The molecule has 1 aliphatic rings. The molecule has 1 nitrogen and oxygen atoms in total. The third kappa shape index (κ3) is 1.61. The van der Waals surface area contributed by atoms with Crippen LogP contribution in [0.25, 0.3) is 0 Å². The second-order valence-electron chi connectivity index (χ2n) is 4.22. The number of nitrogens with one attached hydrogen (secondary N) is 1. The Balaban J connectivity index is 2.09. The van der Waals surface area contributed by atoms with Crippen LogP contribution in [0.15, 0.2) is 17.5 Å². The molecule has 78 valence electrons. The van der Waals surface area contributed by atoms with Crippen LogP contribution in [0.3, 0.4) is 0 Å². The van der Waals surface area contributed by atoms with Crippen LogP contribution in [0.5, 0.6) is 0 Å². The summed E-state index contributed by atoms with van der Waals surface area (Å²) in [5.74, 6) is 0.917. The van der Waals surface area contributed by atoms with E-state index in [2.05, 4.69) is 36.7 Å². The maximum Gasteiger partial charge on any atom is 0.0203 e. The first-order chi connectivity index (χ1) is 6.83. The lowest BCUT2D eigenvalue weighted by atomic mass is 10.0. The summed E-state index contributed by atoms with van der Waals surface area (Å²) < 4.78 is 0. The minimum atomic E-state index is 0.499. The van der Waals surface area contributed by atoms with E-state index in [0.29, 0.717) is 5.41 Å². The number of likely N-dealkylation sites (N-methyl/N-ethyl adjacent to an activating group) is 1. The van der Waals surface area contributed by atoms with Crippen LogP contribution in [0.2, 0.25) is 0 Å². The molecule has 1 N–H and O–H groups in total. The molecule has 0 amide bonds. The molecule has 1 aromatic rings. The Kier molecular flexibility index (Phi) is 2.93. The fraction of sp³-hybridized carbons (Fsp3) is 0.667. The summed E-state index contributed by atoms with van der Waals surface area (Å²) in [4.78, 5) is 1.59. The molecule has 1 saturated carbocycles. The van der Waals surface area contributed by atoms with Gasteiger partial charge < -0.3 is 5.32 Å². The maximum atomic E-state index is 3.51. The van der Waals surface area contributed by atoms with E-state index in [1.165, 1.54) is 19.4 Å². The van der Waals surface area contributed by atoms with E-state index in [1.807, 2.05) is 11.3 Å². The van der Waals surface area contributed by atoms with E-state index in [1.54, 1.807) is 4.88 Å². The van der Waals surface area contributed by atoms with Gasteiger partial charge in [0.2, 0.25) is 0 Å². The van der Waals surface area contributed by atoms with Crippen molar-refractivity contribution in [1.29, 1.82) is 0 Å². The topological polar surface area (TPSA) is 12.0 Å². The average molecular weight is 209 g/mol. The lowest BCUT2D eigenvalue weighted by Gasteiger charge is -2.15. The normalized spacial score (nSPS) is 30.6. The third-order valence-corrected chi connectivity index (χ3v) is 4.52. The molecule has 0 bridgehead atoms. The lowest BCUT2D eigenvalue weighted by Crippen LogP contribution is -2.27. The highest BCUT2D eigenvalue weighted by atomic mass is 32.1. The summed E-state index contributed by atoms with van der Waals surface area (Å²) >= 11 is 1.92. The number of rotatable bonds is 5. The Morgan fingerprint density at radius 1 is 1.57 bits per heavy atom. The summed E-state index contributed by atoms with van der Waals surface area (Å²) in [6.45, 7) is 6.75. The molecule has 2 atom stereocenters.